The molecule has 0 atom stereocenters. The van der Waals surface area contributed by atoms with Crippen LogP contribution in [0, 0.1) is 6.92 Å². The summed E-state index contributed by atoms with van der Waals surface area (Å²) in [6, 6.07) is 3.17. The quantitative estimate of drug-likeness (QED) is 0.798. The van der Waals surface area contributed by atoms with Crippen LogP contribution >= 0.6 is 22.7 Å². The molecule has 2 aromatic heterocycles. The summed E-state index contributed by atoms with van der Waals surface area (Å²) in [4.78, 5) is 24.1. The molecule has 106 valence electrons. The largest absolute Gasteiger partial charge is 0.478 e. The van der Waals surface area contributed by atoms with Crippen molar-refractivity contribution in [2.75, 3.05) is 10.6 Å². The number of hydrogen-bond donors (Lipinski definition) is 3. The number of carbonyl (C=O) groups excluding carboxylic acids is 1. The number of urea groups is 1. The lowest BCUT2D eigenvalue weighted by molar-refractivity contribution is 0.0697. The lowest BCUT2D eigenvalue weighted by atomic mass is 10.1. The predicted octanol–water partition coefficient (Wildman–Crippen LogP) is 4.02. The van der Waals surface area contributed by atoms with Gasteiger partial charge in [0.1, 0.15) is 5.00 Å². The van der Waals surface area contributed by atoms with E-state index >= 15 is 0 Å². The number of amides is 2. The summed E-state index contributed by atoms with van der Waals surface area (Å²) in [6.07, 6.45) is 0.741. The van der Waals surface area contributed by atoms with Gasteiger partial charge in [0.05, 0.1) is 10.6 Å². The molecule has 20 heavy (non-hydrogen) atoms. The molecule has 0 aliphatic rings. The summed E-state index contributed by atoms with van der Waals surface area (Å²) in [5, 5.41) is 17.5. The number of thiophene rings is 2. The zero-order valence-electron chi connectivity index (χ0n) is 11.0. The van der Waals surface area contributed by atoms with Crippen LogP contribution in [-0.4, -0.2) is 17.1 Å². The van der Waals surface area contributed by atoms with E-state index in [1.807, 2.05) is 18.4 Å². The number of anilines is 2. The van der Waals surface area contributed by atoms with Crippen LogP contribution in [0.3, 0.4) is 0 Å². The summed E-state index contributed by atoms with van der Waals surface area (Å²) < 4.78 is 0. The molecule has 0 unspecified atom stereocenters. The fraction of sp³-hybridized carbons (Fsp3) is 0.231. The van der Waals surface area contributed by atoms with E-state index in [9.17, 15) is 14.7 Å². The van der Waals surface area contributed by atoms with Crippen LogP contribution in [0.15, 0.2) is 17.5 Å². The number of hydrogen-bond acceptors (Lipinski definition) is 4. The predicted molar refractivity (Wildman–Crippen MR) is 82.4 cm³/mol. The van der Waals surface area contributed by atoms with Crippen molar-refractivity contribution in [2.24, 2.45) is 0 Å². The van der Waals surface area contributed by atoms with Gasteiger partial charge >= 0.3 is 12.0 Å². The van der Waals surface area contributed by atoms with E-state index in [1.165, 1.54) is 22.7 Å². The normalized spacial score (nSPS) is 10.3. The zero-order chi connectivity index (χ0) is 14.7. The summed E-state index contributed by atoms with van der Waals surface area (Å²) in [7, 11) is 0. The maximum atomic E-state index is 11.9. The third kappa shape index (κ3) is 3.00. The summed E-state index contributed by atoms with van der Waals surface area (Å²) in [5.74, 6) is -1.02. The molecule has 0 aliphatic carbocycles. The van der Waals surface area contributed by atoms with Crippen molar-refractivity contribution in [1.29, 1.82) is 0 Å². The van der Waals surface area contributed by atoms with E-state index in [1.54, 1.807) is 13.0 Å². The highest BCUT2D eigenvalue weighted by Gasteiger charge is 2.21. The van der Waals surface area contributed by atoms with E-state index in [4.69, 9.17) is 0 Å². The molecule has 0 aromatic carbocycles. The van der Waals surface area contributed by atoms with Gasteiger partial charge in [-0.25, -0.2) is 9.59 Å². The van der Waals surface area contributed by atoms with Gasteiger partial charge in [-0.2, -0.15) is 0 Å². The average Bonchev–Trinajstić information content (AvgIpc) is 2.97. The number of nitrogens with one attached hydrogen (secondary N) is 2. The second-order valence-corrected chi connectivity index (χ2v) is 6.12. The first kappa shape index (κ1) is 14.5. The lowest BCUT2D eigenvalue weighted by Gasteiger charge is -2.05. The van der Waals surface area contributed by atoms with Crippen LogP contribution in [0.1, 0.15) is 27.7 Å². The Balaban J connectivity index is 2.20. The van der Waals surface area contributed by atoms with Gasteiger partial charge < -0.3 is 5.11 Å². The Morgan fingerprint density at radius 3 is 2.65 bits per heavy atom. The second kappa shape index (κ2) is 6.06. The van der Waals surface area contributed by atoms with Crippen LogP contribution in [-0.2, 0) is 6.42 Å². The van der Waals surface area contributed by atoms with Crippen molar-refractivity contribution in [2.45, 2.75) is 20.3 Å². The smallest absolute Gasteiger partial charge is 0.338 e. The summed E-state index contributed by atoms with van der Waals surface area (Å²) in [5.41, 5.74) is 0.893. The number of aryl methyl sites for hydroxylation is 1. The van der Waals surface area contributed by atoms with Crippen LogP contribution in [0.4, 0.5) is 14.8 Å². The Bertz CT molecular complexity index is 632. The number of carboxylic acid groups (broad SMARTS) is 1. The molecule has 7 heteroatoms. The third-order valence-electron chi connectivity index (χ3n) is 2.77. The Morgan fingerprint density at radius 2 is 2.10 bits per heavy atom. The Kier molecular flexibility index (Phi) is 4.41. The van der Waals surface area contributed by atoms with Crippen molar-refractivity contribution < 1.29 is 14.7 Å². The van der Waals surface area contributed by atoms with Crippen molar-refractivity contribution in [3.63, 3.8) is 0 Å². The maximum Gasteiger partial charge on any atom is 0.338 e. The molecule has 0 saturated heterocycles. The average molecular weight is 310 g/mol. The molecular weight excluding hydrogens is 296 g/mol. The van der Waals surface area contributed by atoms with Gasteiger partial charge in [0.2, 0.25) is 0 Å². The van der Waals surface area contributed by atoms with Gasteiger partial charge in [-0.1, -0.05) is 6.92 Å². The molecule has 0 spiro atoms. The number of carboxylic acids is 1. The molecule has 3 N–H and O–H groups in total. The van der Waals surface area contributed by atoms with Crippen molar-refractivity contribution in [1.82, 2.24) is 0 Å². The third-order valence-corrected chi connectivity index (χ3v) is 4.90. The monoisotopic (exact) mass is 310 g/mol. The first-order valence-electron chi connectivity index (χ1n) is 6.00. The molecule has 0 saturated carbocycles. The fourth-order valence-corrected chi connectivity index (χ4v) is 3.58. The molecule has 2 heterocycles. The summed E-state index contributed by atoms with van der Waals surface area (Å²) in [6.45, 7) is 3.72. The SMILES string of the molecule is CCc1sc(NC(=O)Nc2cccs2)c(C(=O)O)c1C. The fourth-order valence-electron chi connectivity index (χ4n) is 1.84. The number of rotatable bonds is 4. The van der Waals surface area contributed by atoms with Gasteiger partial charge in [-0.3, -0.25) is 10.6 Å². The first-order valence-corrected chi connectivity index (χ1v) is 7.69. The molecular formula is C13H14N2O3S2. The van der Waals surface area contributed by atoms with Gasteiger partial charge in [0.25, 0.3) is 0 Å². The minimum Gasteiger partial charge on any atom is -0.478 e. The van der Waals surface area contributed by atoms with Crippen LogP contribution < -0.4 is 10.6 Å². The highest BCUT2D eigenvalue weighted by molar-refractivity contribution is 7.17. The first-order chi connectivity index (χ1) is 9.52. The molecule has 5 nitrogen and oxygen atoms in total. The number of carbonyl (C=O) groups is 2. The second-order valence-electron chi connectivity index (χ2n) is 4.07. The highest BCUT2D eigenvalue weighted by atomic mass is 32.1. The van der Waals surface area contributed by atoms with Crippen molar-refractivity contribution >= 4 is 44.7 Å². The van der Waals surface area contributed by atoms with E-state index in [0.717, 1.165) is 16.9 Å². The van der Waals surface area contributed by atoms with Crippen LogP contribution in [0.2, 0.25) is 0 Å². The maximum absolute atomic E-state index is 11.9. The van der Waals surface area contributed by atoms with E-state index in [0.29, 0.717) is 10.0 Å². The topological polar surface area (TPSA) is 78.4 Å². The lowest BCUT2D eigenvalue weighted by Crippen LogP contribution is -2.19. The van der Waals surface area contributed by atoms with Crippen LogP contribution in [0.25, 0.3) is 0 Å². The van der Waals surface area contributed by atoms with Crippen LogP contribution in [0.5, 0.6) is 0 Å². The van der Waals surface area contributed by atoms with Gasteiger partial charge in [0.15, 0.2) is 0 Å². The van der Waals surface area contributed by atoms with E-state index in [2.05, 4.69) is 10.6 Å². The molecule has 0 bridgehead atoms. The summed E-state index contributed by atoms with van der Waals surface area (Å²) >= 11 is 2.71. The number of aromatic carboxylic acids is 1. The molecule has 0 radical (unpaired) electrons. The molecule has 0 aliphatic heterocycles. The van der Waals surface area contributed by atoms with E-state index < -0.39 is 12.0 Å². The Morgan fingerprint density at radius 1 is 1.35 bits per heavy atom. The molecule has 2 amide bonds. The van der Waals surface area contributed by atoms with E-state index in [-0.39, 0.29) is 5.56 Å². The van der Waals surface area contributed by atoms with Gasteiger partial charge in [-0.05, 0) is 36.4 Å². The minimum absolute atomic E-state index is 0.174. The molecule has 0 fully saturated rings. The zero-order valence-corrected chi connectivity index (χ0v) is 12.7. The van der Waals surface area contributed by atoms with Crippen molar-refractivity contribution in [3.05, 3.63) is 33.5 Å². The Hall–Kier alpha value is -1.86. The van der Waals surface area contributed by atoms with Gasteiger partial charge in [0, 0.05) is 4.88 Å². The van der Waals surface area contributed by atoms with Crippen molar-refractivity contribution in [3.8, 4) is 0 Å². The standard InChI is InChI=1S/C13H14N2O3S2/c1-3-8-7(2)10(12(16)17)11(20-8)15-13(18)14-9-5-4-6-19-9/h4-6H,3H2,1-2H3,(H,16,17)(H2,14,15,18). The highest BCUT2D eigenvalue weighted by Crippen LogP contribution is 2.33. The Labute approximate surface area is 124 Å². The molecule has 2 rings (SSSR count). The minimum atomic E-state index is -1.02. The molecule has 2 aromatic rings. The van der Waals surface area contributed by atoms with Gasteiger partial charge in [-0.15, -0.1) is 22.7 Å².